The highest BCUT2D eigenvalue weighted by Gasteiger charge is 2.69. The molecule has 7 atom stereocenters. The van der Waals surface area contributed by atoms with E-state index >= 15 is 0 Å². The number of carbonyl (C=O) groups excluding carboxylic acids is 2. The fourth-order valence-corrected chi connectivity index (χ4v) is 7.49. The molecule has 202 valence electrons. The topological polar surface area (TPSA) is 136 Å². The highest BCUT2D eigenvalue weighted by molar-refractivity contribution is 5.90. The van der Waals surface area contributed by atoms with Crippen molar-refractivity contribution in [3.05, 3.63) is 46.6 Å². The van der Waals surface area contributed by atoms with Crippen molar-refractivity contribution in [3.8, 4) is 17.1 Å². The Morgan fingerprint density at radius 1 is 1.18 bits per heavy atom. The molecule has 38 heavy (non-hydrogen) atoms. The van der Waals surface area contributed by atoms with Gasteiger partial charge >= 0.3 is 11.6 Å². The van der Waals surface area contributed by atoms with Crippen LogP contribution in [-0.2, 0) is 14.3 Å². The van der Waals surface area contributed by atoms with E-state index in [1.165, 1.54) is 6.07 Å². The molecule has 6 rings (SSSR count). The van der Waals surface area contributed by atoms with Gasteiger partial charge in [-0.2, -0.15) is 0 Å². The maximum atomic E-state index is 13.9. The lowest BCUT2D eigenvalue weighted by Gasteiger charge is -2.64. The summed E-state index contributed by atoms with van der Waals surface area (Å²) in [6.07, 6.45) is 3.67. The number of aromatic nitrogens is 1. The summed E-state index contributed by atoms with van der Waals surface area (Å²) in [7, 11) is 0. The molecule has 3 aliphatic carbocycles. The zero-order chi connectivity index (χ0) is 27.0. The van der Waals surface area contributed by atoms with Crippen molar-refractivity contribution in [3.63, 3.8) is 0 Å². The predicted molar refractivity (Wildman–Crippen MR) is 134 cm³/mol. The number of hydrogen-bond donors (Lipinski definition) is 2. The van der Waals surface area contributed by atoms with Gasteiger partial charge in [0, 0.05) is 41.8 Å². The highest BCUT2D eigenvalue weighted by Crippen LogP contribution is 2.66. The second-order valence-electron chi connectivity index (χ2n) is 12.2. The van der Waals surface area contributed by atoms with E-state index in [0.29, 0.717) is 18.4 Å². The van der Waals surface area contributed by atoms with Gasteiger partial charge in [-0.15, -0.1) is 0 Å². The fraction of sp³-hybridized carbons (Fsp3) is 0.586. The van der Waals surface area contributed by atoms with Gasteiger partial charge in [0.15, 0.2) is 11.4 Å². The number of pyridine rings is 1. The van der Waals surface area contributed by atoms with Crippen LogP contribution in [0, 0.1) is 28.6 Å². The summed E-state index contributed by atoms with van der Waals surface area (Å²) in [5.41, 5.74) is -3.17. The van der Waals surface area contributed by atoms with E-state index in [1.807, 2.05) is 13.8 Å². The molecule has 0 bridgehead atoms. The molecule has 1 aliphatic heterocycles. The Morgan fingerprint density at radius 2 is 1.95 bits per heavy atom. The number of ether oxygens (including phenoxy) is 2. The van der Waals surface area contributed by atoms with Crippen LogP contribution in [0.15, 0.2) is 39.8 Å². The quantitative estimate of drug-likeness (QED) is 0.579. The van der Waals surface area contributed by atoms with Gasteiger partial charge in [0.1, 0.15) is 17.1 Å². The van der Waals surface area contributed by atoms with E-state index in [0.717, 1.165) is 12.8 Å². The Labute approximate surface area is 220 Å². The summed E-state index contributed by atoms with van der Waals surface area (Å²) >= 11 is 0. The van der Waals surface area contributed by atoms with Crippen molar-refractivity contribution in [2.75, 3.05) is 6.61 Å². The van der Waals surface area contributed by atoms with Crippen molar-refractivity contribution < 1.29 is 33.7 Å². The van der Waals surface area contributed by atoms with Crippen molar-refractivity contribution in [1.82, 2.24) is 4.98 Å². The van der Waals surface area contributed by atoms with Crippen LogP contribution in [0.3, 0.4) is 0 Å². The molecule has 2 aromatic rings. The van der Waals surface area contributed by atoms with E-state index in [-0.39, 0.29) is 47.8 Å². The summed E-state index contributed by atoms with van der Waals surface area (Å²) < 4.78 is 17.6. The fourth-order valence-electron chi connectivity index (χ4n) is 7.49. The maximum absolute atomic E-state index is 13.9. The van der Waals surface area contributed by atoms with Gasteiger partial charge in [-0.25, -0.2) is 4.79 Å². The molecular weight excluding hydrogens is 490 g/mol. The Bertz CT molecular complexity index is 1350. The van der Waals surface area contributed by atoms with Crippen molar-refractivity contribution in [1.29, 1.82) is 0 Å². The third-order valence-corrected chi connectivity index (χ3v) is 9.82. The van der Waals surface area contributed by atoms with E-state index in [2.05, 4.69) is 4.98 Å². The summed E-state index contributed by atoms with van der Waals surface area (Å²) in [4.78, 5) is 43.5. The molecule has 2 N–H and O–H groups in total. The first-order valence-corrected chi connectivity index (χ1v) is 13.3. The largest absolute Gasteiger partial charge is 0.479 e. The number of aliphatic hydroxyl groups is 2. The lowest BCUT2D eigenvalue weighted by molar-refractivity contribution is -0.227. The first-order valence-electron chi connectivity index (χ1n) is 13.3. The van der Waals surface area contributed by atoms with Crippen LogP contribution in [0.25, 0.3) is 11.3 Å². The van der Waals surface area contributed by atoms with Gasteiger partial charge in [-0.05, 0) is 56.1 Å². The molecule has 3 heterocycles. The van der Waals surface area contributed by atoms with E-state index in [9.17, 15) is 24.6 Å². The monoisotopic (exact) mass is 523 g/mol. The average molecular weight is 524 g/mol. The van der Waals surface area contributed by atoms with E-state index in [1.54, 1.807) is 31.5 Å². The Hall–Kier alpha value is -3.04. The molecule has 0 amide bonds. The van der Waals surface area contributed by atoms with Gasteiger partial charge in [0.25, 0.3) is 0 Å². The third kappa shape index (κ3) is 3.58. The minimum atomic E-state index is -1.40. The Kier molecular flexibility index (Phi) is 5.63. The van der Waals surface area contributed by atoms with Crippen LogP contribution in [-0.4, -0.2) is 45.3 Å². The lowest BCUT2D eigenvalue weighted by Crippen LogP contribution is -2.69. The van der Waals surface area contributed by atoms with Crippen LogP contribution < -0.4 is 10.4 Å². The predicted octanol–water partition coefficient (Wildman–Crippen LogP) is 3.21. The highest BCUT2D eigenvalue weighted by atomic mass is 16.5. The van der Waals surface area contributed by atoms with E-state index < -0.39 is 46.1 Å². The van der Waals surface area contributed by atoms with Crippen LogP contribution in [0.4, 0.5) is 0 Å². The van der Waals surface area contributed by atoms with Crippen molar-refractivity contribution in [2.45, 2.75) is 70.7 Å². The molecule has 0 aromatic carbocycles. The molecule has 9 nitrogen and oxygen atoms in total. The number of esters is 1. The number of Topliss-reactive ketones (excluding diaryl/α,β-unsaturated/α-hetero) is 1. The number of ketones is 1. The minimum Gasteiger partial charge on any atom is -0.479 e. The SMILES string of the molecule is C[C@]12CC[C@H](O)[C@@](C)(COC(=O)C3CC3)[C@@H]1CC(=O)[C@@]1(C)Oc3cc(-c4cccnc4)oc(=O)c3[C@H](O)[C@H]21. The molecule has 0 spiro atoms. The molecule has 0 radical (unpaired) electrons. The van der Waals surface area contributed by atoms with E-state index in [4.69, 9.17) is 13.9 Å². The number of hydrogen-bond acceptors (Lipinski definition) is 9. The Balaban J connectivity index is 1.40. The smallest absolute Gasteiger partial charge is 0.345 e. The third-order valence-electron chi connectivity index (χ3n) is 9.82. The molecule has 3 fully saturated rings. The Morgan fingerprint density at radius 3 is 2.63 bits per heavy atom. The number of nitrogens with zero attached hydrogens (tertiary/aromatic N) is 1. The molecule has 3 saturated carbocycles. The van der Waals surface area contributed by atoms with Crippen molar-refractivity contribution in [2.24, 2.45) is 28.6 Å². The standard InChI is InChI=1S/C29H33NO8/c1-27-9-8-20(31)28(2,14-36-25(34)15-6-7-15)19(27)12-21(32)29(3)24(27)23(33)22-18(38-29)11-17(37-26(22)35)16-5-4-10-30-13-16/h4-5,10-11,13,15,19-20,23-24,31,33H,6-9,12,14H2,1-3H3/t19-,20+,23+,24-,27+,28+,29-/m1/s1. The van der Waals surface area contributed by atoms with Crippen LogP contribution in [0.1, 0.15) is 64.5 Å². The zero-order valence-electron chi connectivity index (χ0n) is 21.8. The van der Waals surface area contributed by atoms with Crippen LogP contribution in [0.5, 0.6) is 5.75 Å². The normalized spacial score (nSPS) is 37.9. The molecular formula is C29H33NO8. The number of carbonyl (C=O) groups is 2. The first kappa shape index (κ1) is 25.2. The number of fused-ring (bicyclic) bond motifs is 4. The van der Waals surface area contributed by atoms with Gasteiger partial charge in [0.05, 0.1) is 24.7 Å². The minimum absolute atomic E-state index is 0.00931. The van der Waals surface area contributed by atoms with Gasteiger partial charge in [0.2, 0.25) is 0 Å². The average Bonchev–Trinajstić information content (AvgIpc) is 3.73. The number of aliphatic hydroxyl groups excluding tert-OH is 2. The van der Waals surface area contributed by atoms with Gasteiger partial charge < -0.3 is 24.1 Å². The second-order valence-corrected chi connectivity index (χ2v) is 12.2. The second kappa shape index (κ2) is 8.48. The summed E-state index contributed by atoms with van der Waals surface area (Å²) in [5, 5.41) is 22.9. The van der Waals surface area contributed by atoms with Gasteiger partial charge in [-0.3, -0.25) is 14.6 Å². The van der Waals surface area contributed by atoms with Crippen molar-refractivity contribution >= 4 is 11.8 Å². The molecule has 9 heteroatoms. The summed E-state index contributed by atoms with van der Waals surface area (Å²) in [6, 6.07) is 4.99. The van der Waals surface area contributed by atoms with Gasteiger partial charge in [-0.1, -0.05) is 13.8 Å². The zero-order valence-corrected chi connectivity index (χ0v) is 21.8. The lowest BCUT2D eigenvalue weighted by atomic mass is 9.43. The number of rotatable bonds is 4. The maximum Gasteiger partial charge on any atom is 0.345 e. The van der Waals surface area contributed by atoms with Crippen LogP contribution >= 0.6 is 0 Å². The summed E-state index contributed by atoms with van der Waals surface area (Å²) in [5.74, 6) is -1.39. The first-order chi connectivity index (χ1) is 18.0. The van der Waals surface area contributed by atoms with Crippen LogP contribution in [0.2, 0.25) is 0 Å². The molecule has 0 saturated heterocycles. The molecule has 0 unspecified atom stereocenters. The summed E-state index contributed by atoms with van der Waals surface area (Å²) in [6.45, 7) is 5.52. The molecule has 2 aromatic heterocycles. The molecule has 4 aliphatic rings.